The highest BCUT2D eigenvalue weighted by molar-refractivity contribution is 9.10. The average Bonchev–Trinajstić information content (AvgIpc) is 3.41. The van der Waals surface area contributed by atoms with Crippen molar-refractivity contribution < 1.29 is 23.5 Å². The van der Waals surface area contributed by atoms with E-state index in [-0.39, 0.29) is 47.2 Å². The van der Waals surface area contributed by atoms with Gasteiger partial charge in [-0.2, -0.15) is 9.67 Å². The fraction of sp³-hybridized carbons (Fsp3) is 0.200. The molecule has 0 atom stereocenters. The molecule has 2 N–H and O–H groups in total. The molecule has 0 aliphatic rings. The van der Waals surface area contributed by atoms with Crippen LogP contribution in [0.25, 0.3) is 11.0 Å². The molecule has 0 unspecified atom stereocenters. The lowest BCUT2D eigenvalue weighted by Gasteiger charge is -2.05. The smallest absolute Gasteiger partial charge is 0.404 e. The molecule has 15 heteroatoms. The molecule has 0 saturated heterocycles. The molecule has 2 amide bonds. The van der Waals surface area contributed by atoms with Gasteiger partial charge in [-0.3, -0.25) is 9.59 Å². The highest BCUT2D eigenvalue weighted by Crippen LogP contribution is 2.27. The number of para-hydroxylation sites is 1. The predicted molar refractivity (Wildman–Crippen MR) is 122 cm³/mol. The Kier molecular flexibility index (Phi) is 6.68. The van der Waals surface area contributed by atoms with E-state index >= 15 is 0 Å². The van der Waals surface area contributed by atoms with Crippen molar-refractivity contribution in [3.63, 3.8) is 0 Å². The third-order valence-corrected chi connectivity index (χ3v) is 5.75. The number of benzene rings is 1. The summed E-state index contributed by atoms with van der Waals surface area (Å²) in [5.41, 5.74) is -0.0803. The number of hydrogen-bond acceptors (Lipinski definition) is 10. The van der Waals surface area contributed by atoms with Crippen LogP contribution < -0.4 is 16.3 Å². The normalized spacial score (nSPS) is 10.9. The topological polar surface area (TPSA) is 188 Å². The van der Waals surface area contributed by atoms with Gasteiger partial charge in [-0.25, -0.2) is 4.79 Å². The number of hydrogen-bond donors (Lipinski definition) is 2. The maximum absolute atomic E-state index is 12.3. The van der Waals surface area contributed by atoms with Crippen LogP contribution in [-0.2, 0) is 6.54 Å². The molecular weight excluding hydrogens is 530 g/mol. The van der Waals surface area contributed by atoms with Crippen molar-refractivity contribution in [2.75, 3.05) is 13.1 Å². The van der Waals surface area contributed by atoms with Crippen molar-refractivity contribution >= 4 is 44.5 Å². The molecule has 35 heavy (non-hydrogen) atoms. The first-order valence-corrected chi connectivity index (χ1v) is 10.8. The Morgan fingerprint density at radius 1 is 1.20 bits per heavy atom. The zero-order chi connectivity index (χ0) is 25.1. The first kappa shape index (κ1) is 23.7. The summed E-state index contributed by atoms with van der Waals surface area (Å²) in [4.78, 5) is 50.9. The van der Waals surface area contributed by atoms with E-state index in [0.29, 0.717) is 16.7 Å². The van der Waals surface area contributed by atoms with Crippen LogP contribution in [0.4, 0.5) is 5.82 Å². The minimum absolute atomic E-state index is 0.0125. The van der Waals surface area contributed by atoms with Crippen LogP contribution in [0.2, 0.25) is 0 Å². The Morgan fingerprint density at radius 2 is 1.91 bits per heavy atom. The zero-order valence-corrected chi connectivity index (χ0v) is 19.6. The van der Waals surface area contributed by atoms with Gasteiger partial charge in [-0.1, -0.05) is 23.4 Å². The number of nitrogens with one attached hydrogen (secondary N) is 2. The zero-order valence-electron chi connectivity index (χ0n) is 18.0. The molecule has 0 radical (unpaired) electrons. The fourth-order valence-electron chi connectivity index (χ4n) is 3.07. The minimum atomic E-state index is -0.770. The van der Waals surface area contributed by atoms with Gasteiger partial charge in [-0.05, 0) is 39.9 Å². The van der Waals surface area contributed by atoms with Crippen molar-refractivity contribution in [1.82, 2.24) is 30.6 Å². The van der Waals surface area contributed by atoms with Gasteiger partial charge in [0.25, 0.3) is 5.91 Å². The van der Waals surface area contributed by atoms with Crippen LogP contribution in [-0.4, -0.2) is 49.7 Å². The minimum Gasteiger partial charge on any atom is -0.422 e. The standard InChI is InChI=1S/C20H16BrN7O7/c1-10-15(21)16(28(32)33)25-27(10)9-14-24-19(35-26-14)18(30)23-7-6-22-17(29)12-8-11-4-2-3-5-13(11)34-20(12)31/h2-5,8H,6-7,9H2,1H3,(H,22,29)(H,23,30). The van der Waals surface area contributed by atoms with E-state index in [9.17, 15) is 24.5 Å². The van der Waals surface area contributed by atoms with E-state index < -0.39 is 22.4 Å². The van der Waals surface area contributed by atoms with Gasteiger partial charge in [0.15, 0.2) is 5.82 Å². The lowest BCUT2D eigenvalue weighted by molar-refractivity contribution is -0.390. The monoisotopic (exact) mass is 545 g/mol. The molecule has 14 nitrogen and oxygen atoms in total. The molecule has 1 aromatic carbocycles. The van der Waals surface area contributed by atoms with Gasteiger partial charge >= 0.3 is 23.2 Å². The largest absolute Gasteiger partial charge is 0.422 e. The first-order chi connectivity index (χ1) is 16.7. The van der Waals surface area contributed by atoms with E-state index in [4.69, 9.17) is 8.94 Å². The Labute approximate surface area is 203 Å². The SMILES string of the molecule is Cc1c(Br)c([N+](=O)[O-])nn1Cc1noc(C(=O)NCCNC(=O)c2cc3ccccc3oc2=O)n1. The summed E-state index contributed by atoms with van der Waals surface area (Å²) >= 11 is 3.11. The summed E-state index contributed by atoms with van der Waals surface area (Å²) in [6.45, 7) is 1.59. The second-order valence-corrected chi connectivity index (χ2v) is 7.94. The summed E-state index contributed by atoms with van der Waals surface area (Å²) in [6.07, 6.45) is 0. The molecule has 0 aliphatic carbocycles. The van der Waals surface area contributed by atoms with Crippen LogP contribution in [0.15, 0.2) is 48.5 Å². The fourth-order valence-corrected chi connectivity index (χ4v) is 3.50. The molecular formula is C20H16BrN7O7. The summed E-state index contributed by atoms with van der Waals surface area (Å²) < 4.78 is 11.6. The second-order valence-electron chi connectivity index (χ2n) is 7.15. The number of nitrogens with zero attached hydrogens (tertiary/aromatic N) is 5. The average molecular weight is 546 g/mol. The molecule has 0 saturated carbocycles. The van der Waals surface area contributed by atoms with Crippen LogP contribution in [0, 0.1) is 17.0 Å². The maximum Gasteiger partial charge on any atom is 0.404 e. The number of aromatic nitrogens is 4. The van der Waals surface area contributed by atoms with Gasteiger partial charge in [0.2, 0.25) is 0 Å². The van der Waals surface area contributed by atoms with Crippen LogP contribution in [0.5, 0.6) is 0 Å². The summed E-state index contributed by atoms with van der Waals surface area (Å²) in [6, 6.07) is 8.23. The van der Waals surface area contributed by atoms with E-state index in [0.717, 1.165) is 0 Å². The summed E-state index contributed by atoms with van der Waals surface area (Å²) in [5, 5.41) is 24.2. The van der Waals surface area contributed by atoms with Gasteiger partial charge in [0, 0.05) is 18.5 Å². The Morgan fingerprint density at radius 3 is 2.63 bits per heavy atom. The first-order valence-electron chi connectivity index (χ1n) is 10.0. The molecule has 4 rings (SSSR count). The van der Waals surface area contributed by atoms with Crippen molar-refractivity contribution in [3.8, 4) is 0 Å². The Balaban J connectivity index is 1.30. The van der Waals surface area contributed by atoms with E-state index in [2.05, 4.69) is 41.8 Å². The molecule has 3 heterocycles. The lowest BCUT2D eigenvalue weighted by Crippen LogP contribution is -2.36. The highest BCUT2D eigenvalue weighted by Gasteiger charge is 2.25. The number of halogens is 1. The maximum atomic E-state index is 12.3. The Hall–Kier alpha value is -4.40. The molecule has 180 valence electrons. The Bertz CT molecular complexity index is 1510. The quantitative estimate of drug-likeness (QED) is 0.142. The van der Waals surface area contributed by atoms with Gasteiger partial charge < -0.3 is 29.7 Å². The van der Waals surface area contributed by atoms with Gasteiger partial charge in [-0.15, -0.1) is 0 Å². The van der Waals surface area contributed by atoms with E-state index in [1.54, 1.807) is 31.2 Å². The number of carbonyl (C=O) groups is 2. The van der Waals surface area contributed by atoms with Crippen molar-refractivity contribution in [2.24, 2.45) is 0 Å². The van der Waals surface area contributed by atoms with Crippen LogP contribution >= 0.6 is 15.9 Å². The molecule has 0 spiro atoms. The molecule has 0 aliphatic heterocycles. The third-order valence-electron chi connectivity index (χ3n) is 4.83. The molecule has 0 bridgehead atoms. The van der Waals surface area contributed by atoms with Crippen molar-refractivity contribution in [2.45, 2.75) is 13.5 Å². The summed E-state index contributed by atoms with van der Waals surface area (Å²) in [7, 11) is 0. The summed E-state index contributed by atoms with van der Waals surface area (Å²) in [5.74, 6) is -1.94. The number of fused-ring (bicyclic) bond motifs is 1. The van der Waals surface area contributed by atoms with Crippen molar-refractivity contribution in [3.05, 3.63) is 78.3 Å². The van der Waals surface area contributed by atoms with Crippen molar-refractivity contribution in [1.29, 1.82) is 0 Å². The highest BCUT2D eigenvalue weighted by atomic mass is 79.9. The van der Waals surface area contributed by atoms with Crippen LogP contribution in [0.3, 0.4) is 0 Å². The number of rotatable bonds is 8. The molecule has 3 aromatic heterocycles. The number of carbonyl (C=O) groups excluding carboxylic acids is 2. The number of nitro groups is 1. The number of amides is 2. The van der Waals surface area contributed by atoms with E-state index in [1.807, 2.05) is 0 Å². The molecule has 0 fully saturated rings. The lowest BCUT2D eigenvalue weighted by atomic mass is 10.2. The second kappa shape index (κ2) is 9.84. The third kappa shape index (κ3) is 5.08. The van der Waals surface area contributed by atoms with Crippen LogP contribution in [0.1, 0.15) is 32.6 Å². The predicted octanol–water partition coefficient (Wildman–Crippen LogP) is 1.56. The van der Waals surface area contributed by atoms with Gasteiger partial charge in [0.1, 0.15) is 22.2 Å². The van der Waals surface area contributed by atoms with Gasteiger partial charge in [0.05, 0.1) is 10.8 Å². The molecule has 4 aromatic rings. The van der Waals surface area contributed by atoms with E-state index in [1.165, 1.54) is 10.7 Å².